The standard InChI is InChI=1S/C12H19N3O2/c13-7-11-10-8-17-6-3-12(10)15(14-11)9-1-4-16-5-2-9/h9H,1-8,13H2. The van der Waals surface area contributed by atoms with Crippen molar-refractivity contribution >= 4 is 0 Å². The molecular weight excluding hydrogens is 218 g/mol. The number of hydrogen-bond donors (Lipinski definition) is 1. The van der Waals surface area contributed by atoms with Gasteiger partial charge in [-0.3, -0.25) is 4.68 Å². The summed E-state index contributed by atoms with van der Waals surface area (Å²) in [6.45, 7) is 3.65. The molecule has 0 saturated carbocycles. The molecule has 0 aliphatic carbocycles. The lowest BCUT2D eigenvalue weighted by Gasteiger charge is -2.25. The van der Waals surface area contributed by atoms with Crippen molar-refractivity contribution in [2.45, 2.75) is 38.5 Å². The molecule has 0 aromatic carbocycles. The Morgan fingerprint density at radius 1 is 1.24 bits per heavy atom. The summed E-state index contributed by atoms with van der Waals surface area (Å²) in [5.41, 5.74) is 9.33. The molecule has 2 aliphatic rings. The fraction of sp³-hybridized carbons (Fsp3) is 0.750. The van der Waals surface area contributed by atoms with Crippen LogP contribution in [0.4, 0.5) is 0 Å². The summed E-state index contributed by atoms with van der Waals surface area (Å²) in [5.74, 6) is 0. The van der Waals surface area contributed by atoms with Crippen molar-refractivity contribution in [3.05, 3.63) is 17.0 Å². The lowest BCUT2D eigenvalue weighted by atomic mass is 10.1. The van der Waals surface area contributed by atoms with E-state index in [1.165, 1.54) is 11.3 Å². The summed E-state index contributed by atoms with van der Waals surface area (Å²) >= 11 is 0. The molecular formula is C12H19N3O2. The van der Waals surface area contributed by atoms with Gasteiger partial charge in [0.2, 0.25) is 0 Å². The predicted molar refractivity (Wildman–Crippen MR) is 62.6 cm³/mol. The van der Waals surface area contributed by atoms with Crippen LogP contribution >= 0.6 is 0 Å². The van der Waals surface area contributed by atoms with Gasteiger partial charge in [-0.05, 0) is 12.8 Å². The number of aromatic nitrogens is 2. The molecule has 1 saturated heterocycles. The molecule has 0 amide bonds. The monoisotopic (exact) mass is 237 g/mol. The first-order valence-electron chi connectivity index (χ1n) is 6.35. The van der Waals surface area contributed by atoms with Crippen LogP contribution in [0.5, 0.6) is 0 Å². The SMILES string of the molecule is NCc1nn(C2CCOCC2)c2c1COCC2. The third-order valence-corrected chi connectivity index (χ3v) is 3.66. The van der Waals surface area contributed by atoms with Gasteiger partial charge in [-0.25, -0.2) is 0 Å². The number of ether oxygens (including phenoxy) is 2. The smallest absolute Gasteiger partial charge is 0.0818 e. The second-order valence-corrected chi connectivity index (χ2v) is 4.67. The first-order valence-corrected chi connectivity index (χ1v) is 6.35. The van der Waals surface area contributed by atoms with Crippen molar-refractivity contribution < 1.29 is 9.47 Å². The second kappa shape index (κ2) is 4.76. The van der Waals surface area contributed by atoms with Gasteiger partial charge in [-0.15, -0.1) is 0 Å². The summed E-state index contributed by atoms with van der Waals surface area (Å²) in [5, 5.41) is 4.69. The molecule has 17 heavy (non-hydrogen) atoms. The van der Waals surface area contributed by atoms with Crippen LogP contribution in [0, 0.1) is 0 Å². The van der Waals surface area contributed by atoms with E-state index in [-0.39, 0.29) is 0 Å². The Hall–Kier alpha value is -0.910. The van der Waals surface area contributed by atoms with Crippen molar-refractivity contribution in [1.82, 2.24) is 9.78 Å². The molecule has 2 aliphatic heterocycles. The highest BCUT2D eigenvalue weighted by atomic mass is 16.5. The lowest BCUT2D eigenvalue weighted by Crippen LogP contribution is -2.23. The average molecular weight is 237 g/mol. The first kappa shape index (κ1) is 11.2. The molecule has 0 bridgehead atoms. The molecule has 0 spiro atoms. The van der Waals surface area contributed by atoms with Crippen LogP contribution in [0.15, 0.2) is 0 Å². The summed E-state index contributed by atoms with van der Waals surface area (Å²) in [6.07, 6.45) is 3.07. The molecule has 1 aromatic heterocycles. The molecule has 2 N–H and O–H groups in total. The molecule has 3 rings (SSSR count). The number of hydrogen-bond acceptors (Lipinski definition) is 4. The van der Waals surface area contributed by atoms with Gasteiger partial charge >= 0.3 is 0 Å². The molecule has 0 radical (unpaired) electrons. The van der Waals surface area contributed by atoms with E-state index in [4.69, 9.17) is 20.3 Å². The van der Waals surface area contributed by atoms with Gasteiger partial charge in [0.25, 0.3) is 0 Å². The number of nitrogens with two attached hydrogens (primary N) is 1. The van der Waals surface area contributed by atoms with E-state index in [2.05, 4.69) is 4.68 Å². The van der Waals surface area contributed by atoms with E-state index in [0.29, 0.717) is 19.2 Å². The number of rotatable bonds is 2. The first-order chi connectivity index (χ1) is 8.40. The molecule has 5 nitrogen and oxygen atoms in total. The van der Waals surface area contributed by atoms with Crippen molar-refractivity contribution in [1.29, 1.82) is 0 Å². The zero-order valence-corrected chi connectivity index (χ0v) is 10.0. The van der Waals surface area contributed by atoms with Gasteiger partial charge in [0.15, 0.2) is 0 Å². The maximum Gasteiger partial charge on any atom is 0.0818 e. The Balaban J connectivity index is 1.95. The van der Waals surface area contributed by atoms with Crippen LogP contribution in [0.2, 0.25) is 0 Å². The summed E-state index contributed by atoms with van der Waals surface area (Å²) in [7, 11) is 0. The van der Waals surface area contributed by atoms with E-state index >= 15 is 0 Å². The molecule has 0 atom stereocenters. The van der Waals surface area contributed by atoms with Gasteiger partial charge in [0.05, 0.1) is 24.9 Å². The average Bonchev–Trinajstić information content (AvgIpc) is 2.78. The van der Waals surface area contributed by atoms with Gasteiger partial charge < -0.3 is 15.2 Å². The van der Waals surface area contributed by atoms with E-state index in [9.17, 15) is 0 Å². The third-order valence-electron chi connectivity index (χ3n) is 3.66. The van der Waals surface area contributed by atoms with Crippen LogP contribution in [0.1, 0.15) is 35.8 Å². The highest BCUT2D eigenvalue weighted by molar-refractivity contribution is 5.28. The molecule has 0 unspecified atom stereocenters. The minimum Gasteiger partial charge on any atom is -0.381 e. The predicted octanol–water partition coefficient (Wildman–Crippen LogP) is 0.766. The quantitative estimate of drug-likeness (QED) is 0.825. The van der Waals surface area contributed by atoms with Crippen LogP contribution in [0.25, 0.3) is 0 Å². The van der Waals surface area contributed by atoms with Crippen LogP contribution in [-0.2, 0) is 29.0 Å². The Morgan fingerprint density at radius 3 is 2.82 bits per heavy atom. The van der Waals surface area contributed by atoms with Crippen LogP contribution < -0.4 is 5.73 Å². The van der Waals surface area contributed by atoms with E-state index in [0.717, 1.165) is 44.8 Å². The maximum absolute atomic E-state index is 5.76. The largest absolute Gasteiger partial charge is 0.381 e. The molecule has 5 heteroatoms. The second-order valence-electron chi connectivity index (χ2n) is 4.67. The lowest BCUT2D eigenvalue weighted by molar-refractivity contribution is 0.0630. The van der Waals surface area contributed by atoms with Gasteiger partial charge in [-0.2, -0.15) is 5.10 Å². The highest BCUT2D eigenvalue weighted by Crippen LogP contribution is 2.28. The van der Waals surface area contributed by atoms with Crippen molar-refractivity contribution in [2.24, 2.45) is 5.73 Å². The van der Waals surface area contributed by atoms with E-state index < -0.39 is 0 Å². The Bertz CT molecular complexity index is 397. The fourth-order valence-corrected chi connectivity index (χ4v) is 2.73. The Labute approximate surface area is 101 Å². The number of nitrogens with zero attached hydrogens (tertiary/aromatic N) is 2. The minimum absolute atomic E-state index is 0.482. The Kier molecular flexibility index (Phi) is 3.13. The zero-order chi connectivity index (χ0) is 11.7. The summed E-state index contributed by atoms with van der Waals surface area (Å²) < 4.78 is 13.1. The number of fused-ring (bicyclic) bond motifs is 1. The fourth-order valence-electron chi connectivity index (χ4n) is 2.73. The molecule has 1 fully saturated rings. The van der Waals surface area contributed by atoms with Gasteiger partial charge in [-0.1, -0.05) is 0 Å². The van der Waals surface area contributed by atoms with Crippen molar-refractivity contribution in [3.63, 3.8) is 0 Å². The van der Waals surface area contributed by atoms with Gasteiger partial charge in [0.1, 0.15) is 0 Å². The van der Waals surface area contributed by atoms with Gasteiger partial charge in [0, 0.05) is 37.4 Å². The van der Waals surface area contributed by atoms with Crippen molar-refractivity contribution in [2.75, 3.05) is 19.8 Å². The van der Waals surface area contributed by atoms with E-state index in [1.807, 2.05) is 0 Å². The summed E-state index contributed by atoms with van der Waals surface area (Å²) in [6, 6.07) is 0.482. The topological polar surface area (TPSA) is 62.3 Å². The molecule has 1 aromatic rings. The third kappa shape index (κ3) is 1.99. The highest BCUT2D eigenvalue weighted by Gasteiger charge is 2.25. The Morgan fingerprint density at radius 2 is 2.06 bits per heavy atom. The molecule has 94 valence electrons. The van der Waals surface area contributed by atoms with Crippen LogP contribution in [0.3, 0.4) is 0 Å². The van der Waals surface area contributed by atoms with E-state index in [1.54, 1.807) is 0 Å². The summed E-state index contributed by atoms with van der Waals surface area (Å²) in [4.78, 5) is 0. The van der Waals surface area contributed by atoms with Crippen molar-refractivity contribution in [3.8, 4) is 0 Å². The normalized spacial score (nSPS) is 21.5. The maximum atomic E-state index is 5.76. The zero-order valence-electron chi connectivity index (χ0n) is 10.0. The minimum atomic E-state index is 0.482. The molecule has 3 heterocycles. The van der Waals surface area contributed by atoms with Crippen LogP contribution in [-0.4, -0.2) is 29.6 Å².